The molecule has 0 atom stereocenters. The Hall–Kier alpha value is -2.63. The van der Waals surface area contributed by atoms with Gasteiger partial charge in [0.05, 0.1) is 24.6 Å². The van der Waals surface area contributed by atoms with E-state index in [-0.39, 0.29) is 0 Å². The van der Waals surface area contributed by atoms with Gasteiger partial charge >= 0.3 is 0 Å². The molecule has 272 valence electrons. The fourth-order valence-corrected chi connectivity index (χ4v) is 13.4. The Morgan fingerprint density at radius 2 is 0.540 bits per heavy atom. The van der Waals surface area contributed by atoms with Gasteiger partial charge in [-0.3, -0.25) is 0 Å². The first kappa shape index (κ1) is 41.8. The van der Waals surface area contributed by atoms with Crippen LogP contribution in [0.1, 0.15) is 130 Å². The molecule has 0 radical (unpaired) electrons. The van der Waals surface area contributed by atoms with Crippen molar-refractivity contribution in [1.29, 1.82) is 0 Å². The second-order valence-corrected chi connectivity index (χ2v) is 19.5. The highest BCUT2D eigenvalue weighted by Gasteiger charge is 2.34. The average Bonchev–Trinajstić information content (AvgIpc) is 3.18. The van der Waals surface area contributed by atoms with Crippen LogP contribution in [-0.4, -0.2) is 30.8 Å². The molecule has 0 spiro atoms. The quantitative estimate of drug-likeness (QED) is 0.0390. The second kappa shape index (κ2) is 25.3. The standard InChI is InChI=1S/C24H20B.C24H52P/c1-5-13-21(14-6-1)25(22-15-7-2-8-16-22,23-17-9-3-10-18-23)24-19-11-4-12-20-24;1-5-9-13-14-15-16-17-18-19-20-24-25(21-10-6-2,22-11-7-3)23-12-8-4/h1-20H;5-24H2,1-4H3/q-1;+1. The molecule has 0 fully saturated rings. The van der Waals surface area contributed by atoms with Gasteiger partial charge in [0.1, 0.15) is 6.15 Å². The van der Waals surface area contributed by atoms with Gasteiger partial charge in [-0.05, 0) is 32.1 Å². The summed E-state index contributed by atoms with van der Waals surface area (Å²) in [4.78, 5) is 0. The molecule has 4 aromatic carbocycles. The summed E-state index contributed by atoms with van der Waals surface area (Å²) in [5, 5.41) is 0. The molecule has 50 heavy (non-hydrogen) atoms. The van der Waals surface area contributed by atoms with Crippen molar-refractivity contribution < 1.29 is 0 Å². The maximum absolute atomic E-state index is 2.38. The van der Waals surface area contributed by atoms with Gasteiger partial charge in [-0.25, -0.2) is 0 Å². The van der Waals surface area contributed by atoms with Gasteiger partial charge in [0.25, 0.3) is 0 Å². The van der Waals surface area contributed by atoms with Crippen molar-refractivity contribution in [3.8, 4) is 0 Å². The van der Waals surface area contributed by atoms with Crippen LogP contribution in [0.15, 0.2) is 121 Å². The zero-order valence-electron chi connectivity index (χ0n) is 32.7. The fraction of sp³-hybridized carbons (Fsp3) is 0.500. The van der Waals surface area contributed by atoms with Gasteiger partial charge in [0, 0.05) is 7.26 Å². The molecule has 0 N–H and O–H groups in total. The zero-order chi connectivity index (χ0) is 35.6. The van der Waals surface area contributed by atoms with E-state index in [1.54, 1.807) is 31.1 Å². The Labute approximate surface area is 310 Å². The average molecular weight is 691 g/mol. The lowest BCUT2D eigenvalue weighted by Crippen LogP contribution is -2.74. The number of hydrogen-bond acceptors (Lipinski definition) is 0. The minimum atomic E-state index is -1.22. The third-order valence-electron chi connectivity index (χ3n) is 11.1. The summed E-state index contributed by atoms with van der Waals surface area (Å²) in [5.74, 6) is 0. The van der Waals surface area contributed by atoms with E-state index in [4.69, 9.17) is 0 Å². The molecule has 0 unspecified atom stereocenters. The Kier molecular flexibility index (Phi) is 21.2. The normalized spacial score (nSPS) is 11.6. The minimum absolute atomic E-state index is 0.620. The molecule has 0 nitrogen and oxygen atoms in total. The predicted octanol–water partition coefficient (Wildman–Crippen LogP) is 12.4. The van der Waals surface area contributed by atoms with Crippen molar-refractivity contribution in [3.63, 3.8) is 0 Å². The first-order chi connectivity index (χ1) is 24.7. The van der Waals surface area contributed by atoms with Crippen molar-refractivity contribution in [1.82, 2.24) is 0 Å². The van der Waals surface area contributed by atoms with Crippen LogP contribution < -0.4 is 21.9 Å². The molecule has 4 rings (SSSR count). The van der Waals surface area contributed by atoms with Crippen molar-refractivity contribution in [2.45, 2.75) is 130 Å². The van der Waals surface area contributed by atoms with Crippen LogP contribution in [-0.2, 0) is 0 Å². The molecule has 0 bridgehead atoms. The van der Waals surface area contributed by atoms with Crippen LogP contribution in [0.4, 0.5) is 0 Å². The molecule has 0 heterocycles. The van der Waals surface area contributed by atoms with Crippen molar-refractivity contribution in [2.24, 2.45) is 0 Å². The fourth-order valence-electron chi connectivity index (χ4n) is 8.21. The van der Waals surface area contributed by atoms with E-state index in [0.29, 0.717) is 0 Å². The molecule has 4 aromatic rings. The van der Waals surface area contributed by atoms with E-state index in [1.807, 2.05) is 0 Å². The lowest BCUT2D eigenvalue weighted by Gasteiger charge is -2.44. The van der Waals surface area contributed by atoms with Gasteiger partial charge < -0.3 is 0 Å². The lowest BCUT2D eigenvalue weighted by atomic mass is 9.13. The Bertz CT molecular complexity index is 1150. The predicted molar refractivity (Wildman–Crippen MR) is 233 cm³/mol. The zero-order valence-corrected chi connectivity index (χ0v) is 33.6. The van der Waals surface area contributed by atoms with E-state index in [0.717, 1.165) is 0 Å². The van der Waals surface area contributed by atoms with Crippen LogP contribution in [0, 0.1) is 0 Å². The lowest BCUT2D eigenvalue weighted by molar-refractivity contribution is 0.562. The molecule has 0 aliphatic heterocycles. The minimum Gasteiger partial charge on any atom is -0.195 e. The largest absolute Gasteiger partial charge is 0.195 e. The number of hydrogen-bond donors (Lipinski definition) is 0. The van der Waals surface area contributed by atoms with Crippen LogP contribution in [0.5, 0.6) is 0 Å². The molecule has 0 saturated carbocycles. The van der Waals surface area contributed by atoms with Gasteiger partial charge in [0.15, 0.2) is 0 Å². The van der Waals surface area contributed by atoms with Crippen LogP contribution in [0.2, 0.25) is 0 Å². The third kappa shape index (κ3) is 13.5. The summed E-state index contributed by atoms with van der Waals surface area (Å²) < 4.78 is 0. The molecular weight excluding hydrogens is 618 g/mol. The van der Waals surface area contributed by atoms with Gasteiger partial charge in [-0.2, -0.15) is 21.9 Å². The molecule has 0 aromatic heterocycles. The summed E-state index contributed by atoms with van der Waals surface area (Å²) >= 11 is 0. The highest BCUT2D eigenvalue weighted by Crippen LogP contribution is 2.61. The molecule has 2 heteroatoms. The van der Waals surface area contributed by atoms with Crippen LogP contribution in [0.25, 0.3) is 0 Å². The van der Waals surface area contributed by atoms with Gasteiger partial charge in [-0.15, -0.1) is 0 Å². The van der Waals surface area contributed by atoms with E-state index in [2.05, 4.69) is 149 Å². The van der Waals surface area contributed by atoms with E-state index in [1.165, 1.54) is 118 Å². The second-order valence-electron chi connectivity index (χ2n) is 15.0. The van der Waals surface area contributed by atoms with Crippen molar-refractivity contribution >= 4 is 35.3 Å². The Balaban J connectivity index is 0.000000270. The summed E-state index contributed by atoms with van der Waals surface area (Å²) in [6.07, 6.45) is 28.7. The first-order valence-corrected chi connectivity index (χ1v) is 23.4. The number of benzene rings is 4. The molecule has 0 amide bonds. The van der Waals surface area contributed by atoms with Crippen LogP contribution in [0.3, 0.4) is 0 Å². The maximum atomic E-state index is 2.38. The molecule has 0 saturated heterocycles. The highest BCUT2D eigenvalue weighted by atomic mass is 31.2. The van der Waals surface area contributed by atoms with E-state index < -0.39 is 13.4 Å². The summed E-state index contributed by atoms with van der Waals surface area (Å²) in [5.41, 5.74) is 5.36. The smallest absolute Gasteiger partial charge is 0.108 e. The monoisotopic (exact) mass is 691 g/mol. The highest BCUT2D eigenvalue weighted by molar-refractivity contribution is 7.75. The first-order valence-electron chi connectivity index (χ1n) is 20.9. The maximum Gasteiger partial charge on any atom is 0.108 e. The summed E-state index contributed by atoms with van der Waals surface area (Å²) in [6, 6.07) is 43.5. The SMILES string of the molecule is CCCCCCCCCCCC[P+](CCCC)(CCCC)CCCC.c1ccc([B-](c2ccccc2)(c2ccccc2)c2ccccc2)cc1. The Morgan fingerprint density at radius 1 is 0.300 bits per heavy atom. The number of unbranched alkanes of at least 4 members (excludes halogenated alkanes) is 12. The topological polar surface area (TPSA) is 0 Å². The van der Waals surface area contributed by atoms with Crippen molar-refractivity contribution in [3.05, 3.63) is 121 Å². The van der Waals surface area contributed by atoms with Crippen LogP contribution >= 0.6 is 7.26 Å². The summed E-state index contributed by atoms with van der Waals surface area (Å²) in [6.45, 7) is 9.46. The molecule has 0 aliphatic rings. The summed E-state index contributed by atoms with van der Waals surface area (Å²) in [7, 11) is -0.620. The number of rotatable bonds is 24. The van der Waals surface area contributed by atoms with Crippen molar-refractivity contribution in [2.75, 3.05) is 24.6 Å². The third-order valence-corrected chi connectivity index (χ3v) is 16.2. The van der Waals surface area contributed by atoms with E-state index >= 15 is 0 Å². The van der Waals surface area contributed by atoms with E-state index in [9.17, 15) is 0 Å². The van der Waals surface area contributed by atoms with Gasteiger partial charge in [-0.1, -0.05) is 220 Å². The Morgan fingerprint density at radius 3 is 0.820 bits per heavy atom. The van der Waals surface area contributed by atoms with Gasteiger partial charge in [0.2, 0.25) is 0 Å². The molecule has 0 aliphatic carbocycles. The molecular formula is C48H72BP.